The Morgan fingerprint density at radius 1 is 1.35 bits per heavy atom. The van der Waals surface area contributed by atoms with Crippen LogP contribution in [-0.2, 0) is 9.53 Å². The zero-order valence-electron chi connectivity index (χ0n) is 12.3. The summed E-state index contributed by atoms with van der Waals surface area (Å²) in [5, 5.41) is 3.14. The van der Waals surface area contributed by atoms with Gasteiger partial charge in [-0.3, -0.25) is 9.69 Å². The first-order valence-corrected chi connectivity index (χ1v) is 7.49. The van der Waals surface area contributed by atoms with Gasteiger partial charge in [0.15, 0.2) is 0 Å². The normalized spacial score (nSPS) is 28.1. The molecular weight excluding hydrogens is 278 g/mol. The molecule has 0 aromatic carbocycles. The molecule has 0 aromatic rings. The molecule has 1 heterocycles. The number of halogens is 1. The number of nitrogens with zero attached hydrogens (tertiary/aromatic N) is 1. The summed E-state index contributed by atoms with van der Waals surface area (Å²) in [6.07, 6.45) is 6.98. The van der Waals surface area contributed by atoms with Gasteiger partial charge in [0, 0.05) is 32.3 Å². The molecule has 2 atom stereocenters. The van der Waals surface area contributed by atoms with Gasteiger partial charge in [0.1, 0.15) is 0 Å². The number of rotatable bonds is 5. The van der Waals surface area contributed by atoms with Crippen LogP contribution in [0.15, 0.2) is 0 Å². The van der Waals surface area contributed by atoms with E-state index >= 15 is 0 Å². The van der Waals surface area contributed by atoms with Crippen molar-refractivity contribution in [2.24, 2.45) is 5.73 Å². The van der Waals surface area contributed by atoms with Crippen LogP contribution in [0.2, 0.25) is 0 Å². The fraction of sp³-hybridized carbons (Fsp3) is 0.929. The number of nitrogens with two attached hydrogens (primary N) is 1. The largest absolute Gasteiger partial charge is 0.381 e. The Balaban J connectivity index is 0.00000200. The van der Waals surface area contributed by atoms with Gasteiger partial charge in [0.2, 0.25) is 5.91 Å². The summed E-state index contributed by atoms with van der Waals surface area (Å²) in [6.45, 7) is 1.98. The minimum atomic E-state index is 0. The van der Waals surface area contributed by atoms with Gasteiger partial charge in [-0.15, -0.1) is 12.4 Å². The minimum Gasteiger partial charge on any atom is -0.381 e. The van der Waals surface area contributed by atoms with E-state index in [-0.39, 0.29) is 24.4 Å². The molecule has 1 aliphatic heterocycles. The average Bonchev–Trinajstić information content (AvgIpc) is 2.91. The number of likely N-dealkylation sites (tertiary alicyclic amines) is 1. The predicted octanol–water partition coefficient (Wildman–Crippen LogP) is 0.905. The van der Waals surface area contributed by atoms with Gasteiger partial charge in [-0.2, -0.15) is 0 Å². The average molecular weight is 306 g/mol. The zero-order valence-corrected chi connectivity index (χ0v) is 13.2. The highest BCUT2D eigenvalue weighted by Gasteiger charge is 2.29. The van der Waals surface area contributed by atoms with E-state index in [9.17, 15) is 4.79 Å². The molecule has 0 radical (unpaired) electrons. The summed E-state index contributed by atoms with van der Waals surface area (Å²) in [5.41, 5.74) is 5.82. The maximum atomic E-state index is 12.1. The van der Waals surface area contributed by atoms with Crippen molar-refractivity contribution in [3.8, 4) is 0 Å². The lowest BCUT2D eigenvalue weighted by molar-refractivity contribution is -0.124. The van der Waals surface area contributed by atoms with E-state index < -0.39 is 0 Å². The van der Waals surface area contributed by atoms with Crippen LogP contribution >= 0.6 is 12.4 Å². The lowest BCUT2D eigenvalue weighted by Crippen LogP contribution is -2.52. The maximum absolute atomic E-state index is 12.1. The lowest BCUT2D eigenvalue weighted by Gasteiger charge is -2.38. The van der Waals surface area contributed by atoms with Gasteiger partial charge in [-0.25, -0.2) is 0 Å². The molecule has 0 aromatic heterocycles. The Morgan fingerprint density at radius 2 is 2.05 bits per heavy atom. The highest BCUT2D eigenvalue weighted by molar-refractivity contribution is 5.85. The molecule has 2 rings (SSSR count). The van der Waals surface area contributed by atoms with Crippen molar-refractivity contribution in [1.29, 1.82) is 0 Å². The van der Waals surface area contributed by atoms with Gasteiger partial charge in [0.05, 0.1) is 12.6 Å². The zero-order chi connectivity index (χ0) is 13.7. The van der Waals surface area contributed by atoms with E-state index in [2.05, 4.69) is 10.2 Å². The quantitative estimate of drug-likeness (QED) is 0.792. The highest BCUT2D eigenvalue weighted by Crippen LogP contribution is 2.20. The Hall–Kier alpha value is -0.360. The molecule has 2 aliphatic rings. The second-order valence-electron chi connectivity index (χ2n) is 5.79. The minimum absolute atomic E-state index is 0. The molecule has 20 heavy (non-hydrogen) atoms. The van der Waals surface area contributed by atoms with E-state index in [0.29, 0.717) is 25.2 Å². The van der Waals surface area contributed by atoms with Crippen molar-refractivity contribution in [2.45, 2.75) is 56.7 Å². The summed E-state index contributed by atoms with van der Waals surface area (Å²) in [4.78, 5) is 14.3. The van der Waals surface area contributed by atoms with Gasteiger partial charge in [0.25, 0.3) is 0 Å². The van der Waals surface area contributed by atoms with Crippen molar-refractivity contribution < 1.29 is 9.53 Å². The molecule has 0 spiro atoms. The molecule has 0 bridgehead atoms. The van der Waals surface area contributed by atoms with E-state index in [1.54, 1.807) is 7.11 Å². The van der Waals surface area contributed by atoms with E-state index in [1.807, 2.05) is 0 Å². The third kappa shape index (κ3) is 4.88. The molecule has 1 saturated carbocycles. The standard InChI is InChI=1S/C14H27N3O2.ClH/c1-19-13-6-7-17(12(8-13)9-15)10-14(18)16-11-4-2-3-5-11;/h11-13H,2-10,15H2,1H3,(H,16,18);1H. The van der Waals surface area contributed by atoms with Crippen LogP contribution in [0.1, 0.15) is 38.5 Å². The Kier molecular flexibility index (Phi) is 7.80. The second-order valence-corrected chi connectivity index (χ2v) is 5.79. The molecule has 2 unspecified atom stereocenters. The van der Waals surface area contributed by atoms with Crippen molar-refractivity contribution in [3.63, 3.8) is 0 Å². The molecule has 1 amide bonds. The summed E-state index contributed by atoms with van der Waals surface area (Å²) in [7, 11) is 1.75. The van der Waals surface area contributed by atoms with Gasteiger partial charge in [-0.1, -0.05) is 12.8 Å². The van der Waals surface area contributed by atoms with Crippen LogP contribution in [0.3, 0.4) is 0 Å². The number of hydrogen-bond donors (Lipinski definition) is 2. The van der Waals surface area contributed by atoms with E-state index in [1.165, 1.54) is 12.8 Å². The molecule has 1 saturated heterocycles. The number of nitrogens with one attached hydrogen (secondary N) is 1. The number of carbonyl (C=O) groups is 1. The molecule has 6 heteroatoms. The number of amides is 1. The molecule has 2 fully saturated rings. The van der Waals surface area contributed by atoms with Gasteiger partial charge in [-0.05, 0) is 25.7 Å². The first-order chi connectivity index (χ1) is 9.22. The summed E-state index contributed by atoms with van der Waals surface area (Å²) >= 11 is 0. The molecular formula is C14H28ClN3O2. The maximum Gasteiger partial charge on any atom is 0.234 e. The van der Waals surface area contributed by atoms with Crippen LogP contribution < -0.4 is 11.1 Å². The Bertz CT molecular complexity index is 298. The van der Waals surface area contributed by atoms with Gasteiger partial charge >= 0.3 is 0 Å². The van der Waals surface area contributed by atoms with Crippen molar-refractivity contribution in [3.05, 3.63) is 0 Å². The number of piperidine rings is 1. The third-order valence-corrected chi connectivity index (χ3v) is 4.46. The number of ether oxygens (including phenoxy) is 1. The molecule has 5 nitrogen and oxygen atoms in total. The third-order valence-electron chi connectivity index (χ3n) is 4.46. The van der Waals surface area contributed by atoms with Crippen molar-refractivity contribution >= 4 is 18.3 Å². The van der Waals surface area contributed by atoms with Crippen LogP contribution in [0.5, 0.6) is 0 Å². The fourth-order valence-electron chi connectivity index (χ4n) is 3.26. The van der Waals surface area contributed by atoms with Crippen LogP contribution in [-0.4, -0.2) is 55.7 Å². The van der Waals surface area contributed by atoms with Crippen LogP contribution in [0, 0.1) is 0 Å². The predicted molar refractivity (Wildman–Crippen MR) is 82.1 cm³/mol. The highest BCUT2D eigenvalue weighted by atomic mass is 35.5. The summed E-state index contributed by atoms with van der Waals surface area (Å²) in [5.74, 6) is 0.154. The Morgan fingerprint density at radius 3 is 2.65 bits per heavy atom. The van der Waals surface area contributed by atoms with E-state index in [0.717, 1.165) is 32.2 Å². The number of hydrogen-bond acceptors (Lipinski definition) is 4. The smallest absolute Gasteiger partial charge is 0.234 e. The van der Waals surface area contributed by atoms with Crippen LogP contribution in [0.4, 0.5) is 0 Å². The van der Waals surface area contributed by atoms with Crippen LogP contribution in [0.25, 0.3) is 0 Å². The van der Waals surface area contributed by atoms with Crippen molar-refractivity contribution in [2.75, 3.05) is 26.7 Å². The number of carbonyl (C=O) groups excluding carboxylic acids is 1. The Labute approximate surface area is 128 Å². The SMILES string of the molecule is COC1CCN(CC(=O)NC2CCCC2)C(CN)C1.Cl. The first-order valence-electron chi connectivity index (χ1n) is 7.49. The molecule has 118 valence electrons. The second kappa shape index (κ2) is 8.82. The number of methoxy groups -OCH3 is 1. The topological polar surface area (TPSA) is 67.6 Å². The summed E-state index contributed by atoms with van der Waals surface area (Å²) in [6, 6.07) is 0.674. The monoisotopic (exact) mass is 305 g/mol. The van der Waals surface area contributed by atoms with Gasteiger partial charge < -0.3 is 15.8 Å². The van der Waals surface area contributed by atoms with Crippen molar-refractivity contribution in [1.82, 2.24) is 10.2 Å². The molecule has 3 N–H and O–H groups in total. The fourth-order valence-corrected chi connectivity index (χ4v) is 3.26. The van der Waals surface area contributed by atoms with E-state index in [4.69, 9.17) is 10.5 Å². The lowest BCUT2D eigenvalue weighted by atomic mass is 9.99. The molecule has 1 aliphatic carbocycles. The first kappa shape index (κ1) is 17.7. The summed E-state index contributed by atoms with van der Waals surface area (Å²) < 4.78 is 5.40.